The van der Waals surface area contributed by atoms with E-state index in [4.69, 9.17) is 28.2 Å². The number of aliphatic imine (C=N–C) groups is 1. The lowest BCUT2D eigenvalue weighted by Gasteiger charge is -2.30. The number of nitrogens with zero attached hydrogens (tertiary/aromatic N) is 3. The van der Waals surface area contributed by atoms with E-state index in [9.17, 15) is 0 Å². The molecule has 0 radical (unpaired) electrons. The van der Waals surface area contributed by atoms with Gasteiger partial charge in [-0.2, -0.15) is 0 Å². The minimum Gasteiger partial charge on any atom is -0.329 e. The van der Waals surface area contributed by atoms with Crippen LogP contribution in [0.25, 0.3) is 0 Å². The third-order valence-corrected chi connectivity index (χ3v) is 4.89. The van der Waals surface area contributed by atoms with Gasteiger partial charge in [-0.05, 0) is 37.6 Å². The van der Waals surface area contributed by atoms with Gasteiger partial charge in [0.2, 0.25) is 0 Å². The summed E-state index contributed by atoms with van der Waals surface area (Å²) in [7, 11) is 0. The molecule has 6 heteroatoms. The Morgan fingerprint density at radius 1 is 1.32 bits per heavy atom. The Morgan fingerprint density at radius 2 is 2.14 bits per heavy atom. The van der Waals surface area contributed by atoms with Crippen molar-refractivity contribution in [3.63, 3.8) is 0 Å². The number of thiazole rings is 1. The third-order valence-electron chi connectivity index (χ3n) is 3.56. The van der Waals surface area contributed by atoms with Crippen LogP contribution in [0.15, 0.2) is 46.5 Å². The van der Waals surface area contributed by atoms with Crippen molar-refractivity contribution >= 4 is 40.4 Å². The molecule has 22 heavy (non-hydrogen) atoms. The highest BCUT2D eigenvalue weighted by Crippen LogP contribution is 2.34. The molecule has 0 N–H and O–H groups in total. The molecule has 1 aromatic carbocycles. The van der Waals surface area contributed by atoms with Crippen LogP contribution in [0.2, 0.25) is 10.0 Å². The monoisotopic (exact) mass is 351 g/mol. The minimum atomic E-state index is -0.119. The quantitative estimate of drug-likeness (QED) is 0.762. The van der Waals surface area contributed by atoms with E-state index in [1.54, 1.807) is 23.6 Å². The van der Waals surface area contributed by atoms with Gasteiger partial charge in [0.15, 0.2) is 10.8 Å². The second-order valence-corrected chi connectivity index (χ2v) is 6.69. The smallest absolute Gasteiger partial charge is 0.165 e. The standard InChI is InChI=1S/C16H15Cl2N3S/c1-3-21-10(2)8-14(12-5-4-11(17)9-13(12)18)20-15(21)16-19-6-7-22-16/h4-9,14H,3H2,1-2H3. The van der Waals surface area contributed by atoms with Gasteiger partial charge in [0.25, 0.3) is 0 Å². The number of halogens is 2. The third kappa shape index (κ3) is 2.91. The molecule has 2 aromatic rings. The Kier molecular flexibility index (Phi) is 4.52. The number of hydrogen-bond donors (Lipinski definition) is 0. The maximum absolute atomic E-state index is 6.34. The summed E-state index contributed by atoms with van der Waals surface area (Å²) in [6.45, 7) is 5.04. The van der Waals surface area contributed by atoms with Crippen molar-refractivity contribution < 1.29 is 0 Å². The number of amidine groups is 1. The molecule has 114 valence electrons. The Bertz CT molecular complexity index is 738. The molecule has 0 aliphatic carbocycles. The van der Waals surface area contributed by atoms with Crippen molar-refractivity contribution in [3.05, 3.63) is 62.2 Å². The number of rotatable bonds is 3. The second kappa shape index (κ2) is 6.41. The summed E-state index contributed by atoms with van der Waals surface area (Å²) in [5.41, 5.74) is 2.11. The van der Waals surface area contributed by atoms with Crippen molar-refractivity contribution in [1.82, 2.24) is 9.88 Å². The van der Waals surface area contributed by atoms with Gasteiger partial charge in [-0.15, -0.1) is 11.3 Å². The van der Waals surface area contributed by atoms with Gasteiger partial charge in [0.05, 0.1) is 6.04 Å². The van der Waals surface area contributed by atoms with Crippen LogP contribution < -0.4 is 0 Å². The molecule has 1 unspecified atom stereocenters. The average molecular weight is 352 g/mol. The van der Waals surface area contributed by atoms with E-state index in [0.717, 1.165) is 28.6 Å². The zero-order valence-corrected chi connectivity index (χ0v) is 14.6. The number of benzene rings is 1. The van der Waals surface area contributed by atoms with Gasteiger partial charge >= 0.3 is 0 Å². The van der Waals surface area contributed by atoms with Crippen LogP contribution in [0, 0.1) is 0 Å². The first-order valence-corrected chi connectivity index (χ1v) is 8.62. The molecule has 3 rings (SSSR count). The molecule has 0 spiro atoms. The first-order valence-electron chi connectivity index (χ1n) is 6.98. The predicted octanol–water partition coefficient (Wildman–Crippen LogP) is 5.18. The number of hydrogen-bond acceptors (Lipinski definition) is 4. The molecular weight excluding hydrogens is 337 g/mol. The zero-order valence-electron chi connectivity index (χ0n) is 12.3. The lowest BCUT2D eigenvalue weighted by Crippen LogP contribution is -2.33. The normalized spacial score (nSPS) is 18.2. The summed E-state index contributed by atoms with van der Waals surface area (Å²) in [4.78, 5) is 11.4. The lowest BCUT2D eigenvalue weighted by atomic mass is 10.0. The second-order valence-electron chi connectivity index (χ2n) is 4.95. The van der Waals surface area contributed by atoms with Crippen LogP contribution in [-0.2, 0) is 0 Å². The fraction of sp³-hybridized carbons (Fsp3) is 0.250. The molecule has 0 saturated carbocycles. The van der Waals surface area contributed by atoms with Gasteiger partial charge in [-0.3, -0.25) is 4.99 Å². The SMILES string of the molecule is CCN1C(C)=CC(c2ccc(Cl)cc2Cl)N=C1c1nccs1. The van der Waals surface area contributed by atoms with Crippen molar-refractivity contribution in [3.8, 4) is 0 Å². The van der Waals surface area contributed by atoms with Gasteiger partial charge in [-0.1, -0.05) is 29.3 Å². The summed E-state index contributed by atoms with van der Waals surface area (Å²) in [6.07, 6.45) is 3.92. The van der Waals surface area contributed by atoms with Gasteiger partial charge in [0, 0.05) is 33.9 Å². The van der Waals surface area contributed by atoms with Crippen LogP contribution >= 0.6 is 34.5 Å². The van der Waals surface area contributed by atoms with Crippen LogP contribution in [0.4, 0.5) is 0 Å². The highest BCUT2D eigenvalue weighted by molar-refractivity contribution is 7.11. The fourth-order valence-corrected chi connectivity index (χ4v) is 3.69. The zero-order chi connectivity index (χ0) is 15.7. The topological polar surface area (TPSA) is 28.5 Å². The highest BCUT2D eigenvalue weighted by atomic mass is 35.5. The summed E-state index contributed by atoms with van der Waals surface area (Å²) in [5, 5.41) is 4.14. The first kappa shape index (κ1) is 15.5. The van der Waals surface area contributed by atoms with E-state index in [2.05, 4.69) is 29.8 Å². The molecule has 1 aliphatic rings. The molecule has 1 aromatic heterocycles. The number of aromatic nitrogens is 1. The maximum atomic E-state index is 6.34. The van der Waals surface area contributed by atoms with E-state index in [1.807, 2.05) is 17.5 Å². The van der Waals surface area contributed by atoms with Gasteiger partial charge in [-0.25, -0.2) is 4.98 Å². The van der Waals surface area contributed by atoms with E-state index in [0.29, 0.717) is 10.0 Å². The Morgan fingerprint density at radius 3 is 2.77 bits per heavy atom. The Labute approximate surface area is 143 Å². The van der Waals surface area contributed by atoms with Crippen molar-refractivity contribution in [1.29, 1.82) is 0 Å². The molecule has 0 bridgehead atoms. The van der Waals surface area contributed by atoms with Crippen molar-refractivity contribution in [2.45, 2.75) is 19.9 Å². The average Bonchev–Trinajstić information content (AvgIpc) is 3.00. The Hall–Kier alpha value is -1.36. The van der Waals surface area contributed by atoms with Crippen molar-refractivity contribution in [2.24, 2.45) is 4.99 Å². The fourth-order valence-electron chi connectivity index (χ4n) is 2.53. The lowest BCUT2D eigenvalue weighted by molar-refractivity contribution is 0.518. The van der Waals surface area contributed by atoms with Gasteiger partial charge < -0.3 is 4.90 Å². The van der Waals surface area contributed by atoms with E-state index < -0.39 is 0 Å². The van der Waals surface area contributed by atoms with E-state index >= 15 is 0 Å². The highest BCUT2D eigenvalue weighted by Gasteiger charge is 2.24. The molecule has 0 saturated heterocycles. The first-order chi connectivity index (χ1) is 10.6. The van der Waals surface area contributed by atoms with E-state index in [1.165, 1.54) is 0 Å². The number of allylic oxidation sites excluding steroid dienone is 1. The van der Waals surface area contributed by atoms with Crippen LogP contribution in [0.5, 0.6) is 0 Å². The summed E-state index contributed by atoms with van der Waals surface area (Å²) in [5.74, 6) is 0.897. The molecule has 1 atom stereocenters. The molecule has 0 amide bonds. The largest absolute Gasteiger partial charge is 0.329 e. The van der Waals surface area contributed by atoms with Crippen molar-refractivity contribution in [2.75, 3.05) is 6.54 Å². The van der Waals surface area contributed by atoms with Crippen LogP contribution in [0.3, 0.4) is 0 Å². The van der Waals surface area contributed by atoms with Crippen LogP contribution in [0.1, 0.15) is 30.5 Å². The molecule has 3 nitrogen and oxygen atoms in total. The molecule has 0 fully saturated rings. The summed E-state index contributed by atoms with van der Waals surface area (Å²) < 4.78 is 0. The molecule has 2 heterocycles. The van der Waals surface area contributed by atoms with E-state index in [-0.39, 0.29) is 6.04 Å². The molecular formula is C16H15Cl2N3S. The Balaban J connectivity index is 2.07. The summed E-state index contributed by atoms with van der Waals surface area (Å²) >= 11 is 13.9. The summed E-state index contributed by atoms with van der Waals surface area (Å²) in [6, 6.07) is 5.42. The predicted molar refractivity (Wildman–Crippen MR) is 94.0 cm³/mol. The minimum absolute atomic E-state index is 0.119. The maximum Gasteiger partial charge on any atom is 0.165 e. The van der Waals surface area contributed by atoms with Gasteiger partial charge in [0.1, 0.15) is 0 Å². The van der Waals surface area contributed by atoms with Crippen LogP contribution in [-0.4, -0.2) is 22.3 Å². The molecule has 1 aliphatic heterocycles.